The zero-order valence-electron chi connectivity index (χ0n) is 15.4. The molecule has 2 aromatic carbocycles. The Morgan fingerprint density at radius 1 is 1.12 bits per heavy atom. The van der Waals surface area contributed by atoms with Crippen LogP contribution in [0.5, 0.6) is 0 Å². The number of nitrogens with one attached hydrogen (secondary N) is 2. The second-order valence-corrected chi connectivity index (χ2v) is 7.04. The van der Waals surface area contributed by atoms with Crippen LogP contribution in [-0.2, 0) is 12.1 Å². The first kappa shape index (κ1) is 17.8. The lowest BCUT2D eigenvalue weighted by molar-refractivity contribution is 0.228. The lowest BCUT2D eigenvalue weighted by Crippen LogP contribution is -2.46. The number of amides is 2. The summed E-state index contributed by atoms with van der Waals surface area (Å²) in [6.07, 6.45) is 0. The molecule has 1 heterocycles. The van der Waals surface area contributed by atoms with E-state index in [9.17, 15) is 4.79 Å². The van der Waals surface area contributed by atoms with Crippen molar-refractivity contribution < 1.29 is 9.21 Å². The fourth-order valence-corrected chi connectivity index (χ4v) is 2.86. The van der Waals surface area contributed by atoms with E-state index in [2.05, 4.69) is 23.3 Å². The van der Waals surface area contributed by atoms with Gasteiger partial charge in [0.05, 0.1) is 12.1 Å². The molecule has 0 bridgehead atoms. The van der Waals surface area contributed by atoms with E-state index in [0.29, 0.717) is 6.54 Å². The van der Waals surface area contributed by atoms with Crippen LogP contribution in [0.15, 0.2) is 65.6 Å². The Hall–Kier alpha value is -3.01. The molecule has 0 fully saturated rings. The first-order valence-corrected chi connectivity index (χ1v) is 8.65. The molecule has 4 heteroatoms. The summed E-state index contributed by atoms with van der Waals surface area (Å²) in [5.74, 6) is 0.725. The predicted octanol–water partition coefficient (Wildman–Crippen LogP) is 5.20. The molecule has 0 aliphatic rings. The van der Waals surface area contributed by atoms with Crippen LogP contribution >= 0.6 is 0 Å². The second-order valence-electron chi connectivity index (χ2n) is 7.04. The Balaban J connectivity index is 1.64. The molecule has 3 aromatic rings. The Kier molecular flexibility index (Phi) is 4.85. The van der Waals surface area contributed by atoms with Gasteiger partial charge in [-0.05, 0) is 50.1 Å². The van der Waals surface area contributed by atoms with E-state index in [4.69, 9.17) is 4.42 Å². The number of benzene rings is 2. The fraction of sp³-hybridized carbons (Fsp3) is 0.227. The molecule has 0 spiro atoms. The van der Waals surface area contributed by atoms with Crippen molar-refractivity contribution in [2.75, 3.05) is 0 Å². The highest BCUT2D eigenvalue weighted by Crippen LogP contribution is 2.23. The summed E-state index contributed by atoms with van der Waals surface area (Å²) >= 11 is 0. The number of carbonyl (C=O) groups excluding carboxylic acids is 1. The molecule has 2 N–H and O–H groups in total. The summed E-state index contributed by atoms with van der Waals surface area (Å²) < 4.78 is 5.72. The predicted molar refractivity (Wildman–Crippen MR) is 106 cm³/mol. The van der Waals surface area contributed by atoms with Gasteiger partial charge < -0.3 is 15.1 Å². The van der Waals surface area contributed by atoms with Crippen LogP contribution in [0.2, 0.25) is 0 Å². The quantitative estimate of drug-likeness (QED) is 0.666. The van der Waals surface area contributed by atoms with Crippen LogP contribution in [0, 0.1) is 0 Å². The minimum Gasteiger partial charge on any atom is -0.459 e. The van der Waals surface area contributed by atoms with Gasteiger partial charge in [0.2, 0.25) is 0 Å². The molecule has 26 heavy (non-hydrogen) atoms. The number of urea groups is 1. The van der Waals surface area contributed by atoms with Crippen LogP contribution in [0.4, 0.5) is 4.79 Å². The molecule has 0 radical (unpaired) electrons. The van der Waals surface area contributed by atoms with Crippen molar-refractivity contribution in [3.05, 3.63) is 78.1 Å². The average Bonchev–Trinajstić information content (AvgIpc) is 3.03. The molecule has 0 saturated heterocycles. The highest BCUT2D eigenvalue weighted by molar-refractivity contribution is 5.78. The van der Waals surface area contributed by atoms with E-state index >= 15 is 0 Å². The lowest BCUT2D eigenvalue weighted by Gasteiger charge is -2.27. The third-order valence-electron chi connectivity index (χ3n) is 4.40. The molecule has 134 valence electrons. The van der Waals surface area contributed by atoms with Crippen molar-refractivity contribution in [3.8, 4) is 0 Å². The molecule has 0 aliphatic carbocycles. The van der Waals surface area contributed by atoms with Gasteiger partial charge in [0, 0.05) is 5.39 Å². The molecule has 4 nitrogen and oxygen atoms in total. The zero-order chi connectivity index (χ0) is 18.7. The maximum absolute atomic E-state index is 12.4. The Bertz CT molecular complexity index is 920. The maximum Gasteiger partial charge on any atom is 0.315 e. The Morgan fingerprint density at radius 3 is 2.62 bits per heavy atom. The van der Waals surface area contributed by atoms with Crippen LogP contribution in [0.1, 0.15) is 37.7 Å². The largest absolute Gasteiger partial charge is 0.459 e. The summed E-state index contributed by atoms with van der Waals surface area (Å²) in [6, 6.07) is 17.6. The fourth-order valence-electron chi connectivity index (χ4n) is 2.86. The van der Waals surface area contributed by atoms with Gasteiger partial charge >= 0.3 is 6.03 Å². The molecule has 0 saturated carbocycles. The van der Waals surface area contributed by atoms with Crippen LogP contribution < -0.4 is 10.6 Å². The van der Waals surface area contributed by atoms with Crippen LogP contribution in [0.3, 0.4) is 0 Å². The second kappa shape index (κ2) is 7.08. The normalized spacial score (nSPS) is 11.3. The van der Waals surface area contributed by atoms with E-state index in [1.165, 1.54) is 0 Å². The van der Waals surface area contributed by atoms with E-state index in [1.54, 1.807) is 0 Å². The van der Waals surface area contributed by atoms with Gasteiger partial charge in [0.25, 0.3) is 0 Å². The number of allylic oxidation sites excluding steroid dienone is 1. The van der Waals surface area contributed by atoms with Crippen molar-refractivity contribution in [1.29, 1.82) is 0 Å². The molecule has 0 atom stereocenters. The zero-order valence-corrected chi connectivity index (χ0v) is 15.4. The minimum absolute atomic E-state index is 0.240. The topological polar surface area (TPSA) is 54.3 Å². The molecule has 3 rings (SSSR count). The summed E-state index contributed by atoms with van der Waals surface area (Å²) in [5.41, 5.74) is 3.40. The first-order valence-electron chi connectivity index (χ1n) is 8.65. The van der Waals surface area contributed by atoms with Crippen LogP contribution in [0.25, 0.3) is 16.5 Å². The van der Waals surface area contributed by atoms with Gasteiger partial charge in [-0.1, -0.05) is 48.6 Å². The summed E-state index contributed by atoms with van der Waals surface area (Å²) in [5, 5.41) is 6.91. The van der Waals surface area contributed by atoms with Gasteiger partial charge in [0.15, 0.2) is 0 Å². The SMILES string of the molecule is C=C(C)c1cccc(C(C)(C)NC(=O)NCc2cc3ccccc3o2)c1. The monoisotopic (exact) mass is 348 g/mol. The van der Waals surface area contributed by atoms with Crippen molar-refractivity contribution in [2.45, 2.75) is 32.9 Å². The minimum atomic E-state index is -0.510. The van der Waals surface area contributed by atoms with Gasteiger partial charge in [0.1, 0.15) is 11.3 Å². The van der Waals surface area contributed by atoms with Gasteiger partial charge in [-0.15, -0.1) is 0 Å². The number of carbonyl (C=O) groups is 1. The van der Waals surface area contributed by atoms with Crippen molar-refractivity contribution in [3.63, 3.8) is 0 Å². The van der Waals surface area contributed by atoms with Gasteiger partial charge in [-0.2, -0.15) is 0 Å². The third kappa shape index (κ3) is 3.97. The smallest absolute Gasteiger partial charge is 0.315 e. The molecule has 1 aromatic heterocycles. The lowest BCUT2D eigenvalue weighted by atomic mass is 9.92. The Labute approximate surface area is 153 Å². The number of rotatable bonds is 5. The van der Waals surface area contributed by atoms with E-state index in [1.807, 2.05) is 69.3 Å². The standard InChI is InChI=1S/C22H24N2O2/c1-15(2)16-9-7-10-18(12-16)22(3,4)24-21(25)23-14-19-13-17-8-5-6-11-20(17)26-19/h5-13H,1,14H2,2-4H3,(H2,23,24,25). The molecular formula is C22H24N2O2. The number of hydrogen-bond acceptors (Lipinski definition) is 2. The average molecular weight is 348 g/mol. The summed E-state index contributed by atoms with van der Waals surface area (Å²) in [6.45, 7) is 10.2. The molecular weight excluding hydrogens is 324 g/mol. The highest BCUT2D eigenvalue weighted by Gasteiger charge is 2.23. The van der Waals surface area contributed by atoms with E-state index in [-0.39, 0.29) is 6.03 Å². The van der Waals surface area contributed by atoms with E-state index < -0.39 is 5.54 Å². The number of furan rings is 1. The number of hydrogen-bond donors (Lipinski definition) is 2. The number of para-hydroxylation sites is 1. The Morgan fingerprint density at radius 2 is 1.88 bits per heavy atom. The summed E-state index contributed by atoms with van der Waals surface area (Å²) in [4.78, 5) is 12.4. The number of fused-ring (bicyclic) bond motifs is 1. The maximum atomic E-state index is 12.4. The molecule has 0 unspecified atom stereocenters. The van der Waals surface area contributed by atoms with E-state index in [0.717, 1.165) is 33.4 Å². The van der Waals surface area contributed by atoms with Crippen molar-refractivity contribution in [2.24, 2.45) is 0 Å². The summed E-state index contributed by atoms with van der Waals surface area (Å²) in [7, 11) is 0. The van der Waals surface area contributed by atoms with Crippen molar-refractivity contribution in [1.82, 2.24) is 10.6 Å². The third-order valence-corrected chi connectivity index (χ3v) is 4.40. The first-order chi connectivity index (χ1) is 12.3. The van der Waals surface area contributed by atoms with Gasteiger partial charge in [-0.25, -0.2) is 4.79 Å². The van der Waals surface area contributed by atoms with Gasteiger partial charge in [-0.3, -0.25) is 0 Å². The van der Waals surface area contributed by atoms with Crippen LogP contribution in [-0.4, -0.2) is 6.03 Å². The highest BCUT2D eigenvalue weighted by atomic mass is 16.3. The molecule has 2 amide bonds. The van der Waals surface area contributed by atoms with Crippen molar-refractivity contribution >= 4 is 22.6 Å². The molecule has 0 aliphatic heterocycles.